The fraction of sp³-hybridized carbons (Fsp3) is 0.556. The first-order valence-corrected chi connectivity index (χ1v) is 8.45. The smallest absolute Gasteiger partial charge is 0.162 e. The molecule has 0 bridgehead atoms. The molecule has 0 N–H and O–H groups in total. The van der Waals surface area contributed by atoms with Gasteiger partial charge in [0.2, 0.25) is 0 Å². The first-order valence-electron chi connectivity index (χ1n) is 8.45. The van der Waals surface area contributed by atoms with Gasteiger partial charge in [-0.3, -0.25) is 0 Å². The van der Waals surface area contributed by atoms with Gasteiger partial charge in [0.25, 0.3) is 0 Å². The lowest BCUT2D eigenvalue weighted by molar-refractivity contribution is 0.341. The molecule has 122 valence electrons. The zero-order chi connectivity index (χ0) is 15.8. The van der Waals surface area contributed by atoms with Gasteiger partial charge in [0, 0.05) is 24.0 Å². The third-order valence-electron chi connectivity index (χ3n) is 5.40. The van der Waals surface area contributed by atoms with Crippen LogP contribution in [0, 0.1) is 5.92 Å². The third-order valence-corrected chi connectivity index (χ3v) is 5.40. The molecular weight excluding hydrogens is 290 g/mol. The van der Waals surface area contributed by atoms with Crippen LogP contribution in [-0.2, 0) is 0 Å². The Hall–Kier alpha value is -2.04. The van der Waals surface area contributed by atoms with Crippen LogP contribution in [0.1, 0.15) is 32.1 Å². The quantitative estimate of drug-likeness (QED) is 0.869. The van der Waals surface area contributed by atoms with Crippen molar-refractivity contribution in [2.24, 2.45) is 5.92 Å². The zero-order valence-corrected chi connectivity index (χ0v) is 13.8. The van der Waals surface area contributed by atoms with E-state index in [9.17, 15) is 0 Å². The standard InChI is InChI=1S/C18H23N3O2/c1-22-16-9-13-14(10-17(16)23-2)19-11-20-18(13)21-8-7-12-5-3-4-6-15(12)21/h9-12,15H,3-8H2,1-2H3/t12-,15+/m1/s1. The Morgan fingerprint density at radius 3 is 2.61 bits per heavy atom. The van der Waals surface area contributed by atoms with E-state index in [0.29, 0.717) is 11.8 Å². The topological polar surface area (TPSA) is 47.5 Å². The summed E-state index contributed by atoms with van der Waals surface area (Å²) in [5.41, 5.74) is 0.909. The number of anilines is 1. The number of hydrogen-bond donors (Lipinski definition) is 0. The van der Waals surface area contributed by atoms with Gasteiger partial charge in [0.15, 0.2) is 11.5 Å². The summed E-state index contributed by atoms with van der Waals surface area (Å²) in [6, 6.07) is 4.59. The number of hydrogen-bond acceptors (Lipinski definition) is 5. The number of nitrogens with zero attached hydrogens (tertiary/aromatic N) is 3. The van der Waals surface area contributed by atoms with Crippen molar-refractivity contribution in [2.45, 2.75) is 38.1 Å². The van der Waals surface area contributed by atoms with E-state index in [-0.39, 0.29) is 0 Å². The van der Waals surface area contributed by atoms with Gasteiger partial charge in [-0.05, 0) is 31.2 Å². The van der Waals surface area contributed by atoms with E-state index in [1.807, 2.05) is 12.1 Å². The predicted molar refractivity (Wildman–Crippen MR) is 90.4 cm³/mol. The molecular formula is C18H23N3O2. The molecule has 0 amide bonds. The highest BCUT2D eigenvalue weighted by atomic mass is 16.5. The molecule has 5 heteroatoms. The highest BCUT2D eigenvalue weighted by Gasteiger charge is 2.37. The molecule has 1 aliphatic heterocycles. The van der Waals surface area contributed by atoms with Gasteiger partial charge in [-0.15, -0.1) is 0 Å². The van der Waals surface area contributed by atoms with Crippen LogP contribution in [0.5, 0.6) is 11.5 Å². The van der Waals surface area contributed by atoms with Crippen molar-refractivity contribution in [1.82, 2.24) is 9.97 Å². The van der Waals surface area contributed by atoms with Crippen LogP contribution in [0.25, 0.3) is 10.9 Å². The molecule has 1 saturated heterocycles. The second kappa shape index (κ2) is 5.87. The SMILES string of the molecule is COc1cc2ncnc(N3CC[C@H]4CCCC[C@@H]43)c2cc1OC. The lowest BCUT2D eigenvalue weighted by Crippen LogP contribution is -2.35. The van der Waals surface area contributed by atoms with Crippen LogP contribution in [-0.4, -0.2) is 36.8 Å². The number of ether oxygens (including phenoxy) is 2. The third kappa shape index (κ3) is 2.38. The van der Waals surface area contributed by atoms with Crippen LogP contribution in [0.4, 0.5) is 5.82 Å². The zero-order valence-electron chi connectivity index (χ0n) is 13.8. The molecule has 2 aromatic rings. The Bertz CT molecular complexity index is 719. The average molecular weight is 313 g/mol. The number of rotatable bonds is 3. The van der Waals surface area contributed by atoms with Crippen molar-refractivity contribution in [1.29, 1.82) is 0 Å². The maximum absolute atomic E-state index is 5.47. The molecule has 1 aliphatic carbocycles. The minimum absolute atomic E-state index is 0.634. The van der Waals surface area contributed by atoms with Gasteiger partial charge in [-0.1, -0.05) is 12.8 Å². The Morgan fingerprint density at radius 1 is 1.00 bits per heavy atom. The van der Waals surface area contributed by atoms with Gasteiger partial charge >= 0.3 is 0 Å². The van der Waals surface area contributed by atoms with Crippen LogP contribution in [0.2, 0.25) is 0 Å². The van der Waals surface area contributed by atoms with Crippen LogP contribution in [0.3, 0.4) is 0 Å². The van der Waals surface area contributed by atoms with Crippen molar-refractivity contribution < 1.29 is 9.47 Å². The van der Waals surface area contributed by atoms with E-state index < -0.39 is 0 Å². The summed E-state index contributed by atoms with van der Waals surface area (Å²) in [6.07, 6.45) is 8.30. The van der Waals surface area contributed by atoms with Crippen molar-refractivity contribution in [3.05, 3.63) is 18.5 Å². The molecule has 2 heterocycles. The van der Waals surface area contributed by atoms with E-state index in [2.05, 4.69) is 14.9 Å². The van der Waals surface area contributed by atoms with Crippen molar-refractivity contribution in [2.75, 3.05) is 25.7 Å². The second-order valence-corrected chi connectivity index (χ2v) is 6.52. The molecule has 1 aromatic carbocycles. The van der Waals surface area contributed by atoms with E-state index in [0.717, 1.165) is 34.9 Å². The molecule has 0 unspecified atom stereocenters. The maximum atomic E-state index is 5.47. The maximum Gasteiger partial charge on any atom is 0.162 e. The lowest BCUT2D eigenvalue weighted by Gasteiger charge is -2.32. The van der Waals surface area contributed by atoms with Crippen LogP contribution in [0.15, 0.2) is 18.5 Å². The van der Waals surface area contributed by atoms with E-state index in [1.165, 1.54) is 32.1 Å². The number of fused-ring (bicyclic) bond motifs is 2. The second-order valence-electron chi connectivity index (χ2n) is 6.52. The van der Waals surface area contributed by atoms with Gasteiger partial charge in [0.1, 0.15) is 12.1 Å². The molecule has 2 aliphatic rings. The number of benzene rings is 1. The molecule has 0 spiro atoms. The van der Waals surface area contributed by atoms with Crippen molar-refractivity contribution in [3.8, 4) is 11.5 Å². The molecule has 4 rings (SSSR count). The van der Waals surface area contributed by atoms with Gasteiger partial charge in [0.05, 0.1) is 19.7 Å². The fourth-order valence-electron chi connectivity index (χ4n) is 4.27. The molecule has 2 fully saturated rings. The molecule has 5 nitrogen and oxygen atoms in total. The summed E-state index contributed by atoms with van der Waals surface area (Å²) in [6.45, 7) is 1.09. The molecule has 1 saturated carbocycles. The van der Waals surface area contributed by atoms with Gasteiger partial charge in [-0.2, -0.15) is 0 Å². The number of aromatic nitrogens is 2. The summed E-state index contributed by atoms with van der Waals surface area (Å²) >= 11 is 0. The van der Waals surface area contributed by atoms with Crippen LogP contribution >= 0.6 is 0 Å². The van der Waals surface area contributed by atoms with E-state index in [4.69, 9.17) is 9.47 Å². The molecule has 2 atom stereocenters. The fourth-order valence-corrected chi connectivity index (χ4v) is 4.27. The Morgan fingerprint density at radius 2 is 1.78 bits per heavy atom. The minimum atomic E-state index is 0.634. The van der Waals surface area contributed by atoms with Gasteiger partial charge in [-0.25, -0.2) is 9.97 Å². The first kappa shape index (κ1) is 14.5. The predicted octanol–water partition coefficient (Wildman–Crippen LogP) is 3.42. The summed E-state index contributed by atoms with van der Waals surface area (Å²) in [5, 5.41) is 1.05. The number of methoxy groups -OCH3 is 2. The van der Waals surface area contributed by atoms with Crippen LogP contribution < -0.4 is 14.4 Å². The highest BCUT2D eigenvalue weighted by Crippen LogP contribution is 2.41. The van der Waals surface area contributed by atoms with E-state index in [1.54, 1.807) is 20.5 Å². The summed E-state index contributed by atoms with van der Waals surface area (Å²) < 4.78 is 10.9. The average Bonchev–Trinajstić information content (AvgIpc) is 3.03. The van der Waals surface area contributed by atoms with Gasteiger partial charge < -0.3 is 14.4 Å². The Labute approximate surface area is 136 Å². The largest absolute Gasteiger partial charge is 0.493 e. The van der Waals surface area contributed by atoms with Crippen molar-refractivity contribution in [3.63, 3.8) is 0 Å². The first-order chi connectivity index (χ1) is 11.3. The summed E-state index contributed by atoms with van der Waals surface area (Å²) in [4.78, 5) is 11.6. The monoisotopic (exact) mass is 313 g/mol. The van der Waals surface area contributed by atoms with Crippen molar-refractivity contribution >= 4 is 16.7 Å². The normalized spacial score (nSPS) is 23.8. The highest BCUT2D eigenvalue weighted by molar-refractivity contribution is 5.92. The molecule has 23 heavy (non-hydrogen) atoms. The summed E-state index contributed by atoms with van der Waals surface area (Å²) in [5.74, 6) is 3.32. The Balaban J connectivity index is 1.80. The Kier molecular flexibility index (Phi) is 3.71. The van der Waals surface area contributed by atoms with E-state index >= 15 is 0 Å². The minimum Gasteiger partial charge on any atom is -0.493 e. The lowest BCUT2D eigenvalue weighted by atomic mass is 9.85. The molecule has 1 aromatic heterocycles. The summed E-state index contributed by atoms with van der Waals surface area (Å²) in [7, 11) is 3.32. The molecule has 0 radical (unpaired) electrons.